The number of rotatable bonds is 19. The Morgan fingerprint density at radius 1 is 0.491 bits per heavy atom. The average molecular weight is 771 g/mol. The molecule has 0 atom stereocenters. The molecule has 0 radical (unpaired) electrons. The first kappa shape index (κ1) is 42.7. The Labute approximate surface area is 346 Å². The topological polar surface area (TPSA) is 70.5 Å². The standard InChI is InChI=1S/C53H74N2O2/c1-6-7-8-9-10-11-12-13-14-15-16-17-42-18-20-43(21-19-42)44-30-32-53(33-31-44,45-34-38(2)51(39(3)35-45)56-49-26-22-47(54)23-27-49)46-36-40(4)52(41(5)37-46)57-50-28-24-48(55)25-29-50/h22-29,34-37,42-44H,6-21,30-33,54-55H2,1-5H3. The fourth-order valence-corrected chi connectivity index (χ4v) is 10.5. The van der Waals surface area contributed by atoms with Crippen LogP contribution in [0.15, 0.2) is 72.8 Å². The zero-order valence-electron chi connectivity index (χ0n) is 36.3. The second kappa shape index (κ2) is 20.7. The lowest BCUT2D eigenvalue weighted by Gasteiger charge is -2.45. The van der Waals surface area contributed by atoms with Crippen LogP contribution in [0.5, 0.6) is 23.0 Å². The summed E-state index contributed by atoms with van der Waals surface area (Å²) in [5.74, 6) is 6.18. The van der Waals surface area contributed by atoms with Crippen LogP contribution in [0.2, 0.25) is 0 Å². The largest absolute Gasteiger partial charge is 0.457 e. The molecule has 0 saturated heterocycles. The molecule has 2 fully saturated rings. The minimum absolute atomic E-state index is 0.0623. The third kappa shape index (κ3) is 11.4. The van der Waals surface area contributed by atoms with Crippen molar-refractivity contribution in [3.63, 3.8) is 0 Å². The molecule has 4 N–H and O–H groups in total. The van der Waals surface area contributed by atoms with Gasteiger partial charge in [0.2, 0.25) is 0 Å². The van der Waals surface area contributed by atoms with Gasteiger partial charge in [-0.05, 0) is 166 Å². The van der Waals surface area contributed by atoms with Crippen LogP contribution in [0.4, 0.5) is 11.4 Å². The third-order valence-electron chi connectivity index (χ3n) is 13.9. The first-order valence-electron chi connectivity index (χ1n) is 23.0. The summed E-state index contributed by atoms with van der Waals surface area (Å²) in [4.78, 5) is 0. The number of unbranched alkanes of at least 4 members (excludes halogenated alkanes) is 10. The van der Waals surface area contributed by atoms with Gasteiger partial charge in [-0.3, -0.25) is 0 Å². The number of hydrogen-bond acceptors (Lipinski definition) is 4. The number of nitrogens with two attached hydrogens (primary N) is 2. The Morgan fingerprint density at radius 3 is 1.26 bits per heavy atom. The molecule has 2 saturated carbocycles. The summed E-state index contributed by atoms with van der Waals surface area (Å²) in [5, 5.41) is 0. The van der Waals surface area contributed by atoms with Crippen molar-refractivity contribution in [2.75, 3.05) is 11.5 Å². The predicted octanol–water partition coefficient (Wildman–Crippen LogP) is 15.7. The number of anilines is 2. The van der Waals surface area contributed by atoms with Gasteiger partial charge in [0, 0.05) is 16.8 Å². The van der Waals surface area contributed by atoms with Crippen molar-refractivity contribution >= 4 is 11.4 Å². The highest BCUT2D eigenvalue weighted by atomic mass is 16.5. The maximum absolute atomic E-state index is 6.48. The summed E-state index contributed by atoms with van der Waals surface area (Å²) in [5.41, 5.74) is 20.9. The highest BCUT2D eigenvalue weighted by molar-refractivity contribution is 5.55. The minimum atomic E-state index is -0.0623. The molecule has 0 aromatic heterocycles. The molecule has 57 heavy (non-hydrogen) atoms. The van der Waals surface area contributed by atoms with Crippen molar-refractivity contribution in [1.82, 2.24) is 0 Å². The van der Waals surface area contributed by atoms with E-state index in [4.69, 9.17) is 20.9 Å². The van der Waals surface area contributed by atoms with E-state index in [1.54, 1.807) is 0 Å². The first-order valence-corrected chi connectivity index (χ1v) is 23.0. The van der Waals surface area contributed by atoms with Crippen LogP contribution in [0, 0.1) is 45.4 Å². The summed E-state index contributed by atoms with van der Waals surface area (Å²) in [7, 11) is 0. The van der Waals surface area contributed by atoms with E-state index in [9.17, 15) is 0 Å². The zero-order chi connectivity index (χ0) is 40.2. The molecular formula is C53H74N2O2. The van der Waals surface area contributed by atoms with E-state index in [2.05, 4.69) is 58.9 Å². The fraction of sp³-hybridized carbons (Fsp3) is 0.547. The maximum Gasteiger partial charge on any atom is 0.133 e. The zero-order valence-corrected chi connectivity index (χ0v) is 36.3. The van der Waals surface area contributed by atoms with E-state index in [0.29, 0.717) is 0 Å². The summed E-state index contributed by atoms with van der Waals surface area (Å²) in [6.45, 7) is 11.1. The molecule has 0 spiro atoms. The molecule has 4 aromatic rings. The number of hydrogen-bond donors (Lipinski definition) is 2. The molecule has 0 unspecified atom stereocenters. The predicted molar refractivity (Wildman–Crippen MR) is 243 cm³/mol. The van der Waals surface area contributed by atoms with Crippen molar-refractivity contribution in [2.45, 2.75) is 168 Å². The molecule has 0 heterocycles. The highest BCUT2D eigenvalue weighted by Gasteiger charge is 2.42. The molecule has 4 nitrogen and oxygen atoms in total. The molecule has 0 amide bonds. The monoisotopic (exact) mass is 771 g/mol. The molecular weight excluding hydrogens is 697 g/mol. The molecule has 4 aromatic carbocycles. The van der Waals surface area contributed by atoms with Crippen LogP contribution in [0.25, 0.3) is 0 Å². The van der Waals surface area contributed by atoms with Crippen LogP contribution in [0.1, 0.15) is 169 Å². The average Bonchev–Trinajstić information content (AvgIpc) is 3.21. The van der Waals surface area contributed by atoms with Gasteiger partial charge in [-0.15, -0.1) is 0 Å². The van der Waals surface area contributed by atoms with Gasteiger partial charge in [-0.25, -0.2) is 0 Å². The van der Waals surface area contributed by atoms with E-state index in [0.717, 1.165) is 52.1 Å². The van der Waals surface area contributed by atoms with Crippen molar-refractivity contribution < 1.29 is 9.47 Å². The fourth-order valence-electron chi connectivity index (χ4n) is 10.5. The van der Waals surface area contributed by atoms with Crippen LogP contribution in [-0.4, -0.2) is 0 Å². The van der Waals surface area contributed by atoms with Crippen LogP contribution >= 0.6 is 0 Å². The minimum Gasteiger partial charge on any atom is -0.457 e. The highest BCUT2D eigenvalue weighted by Crippen LogP contribution is 2.52. The quantitative estimate of drug-likeness (QED) is 0.0736. The smallest absolute Gasteiger partial charge is 0.133 e. The summed E-state index contributed by atoms with van der Waals surface area (Å²) >= 11 is 0. The summed E-state index contributed by atoms with van der Waals surface area (Å²) < 4.78 is 13.0. The van der Waals surface area contributed by atoms with Crippen molar-refractivity contribution in [2.24, 2.45) is 17.8 Å². The molecule has 0 aliphatic heterocycles. The van der Waals surface area contributed by atoms with Crippen LogP contribution in [0.3, 0.4) is 0 Å². The van der Waals surface area contributed by atoms with Gasteiger partial charge < -0.3 is 20.9 Å². The van der Waals surface area contributed by atoms with Crippen molar-refractivity contribution in [3.8, 4) is 23.0 Å². The summed E-state index contributed by atoms with van der Waals surface area (Å²) in [6, 6.07) is 25.1. The molecule has 6 rings (SSSR count). The number of benzene rings is 4. The van der Waals surface area contributed by atoms with Gasteiger partial charge in [0.05, 0.1) is 0 Å². The SMILES string of the molecule is CCCCCCCCCCCCCC1CCC(C2CCC(c3cc(C)c(Oc4ccc(N)cc4)c(C)c3)(c3cc(C)c(Oc4ccc(N)cc4)c(C)c3)CC2)CC1. The maximum atomic E-state index is 6.48. The number of nitrogen functional groups attached to an aromatic ring is 2. The normalized spacial score (nSPS) is 18.4. The number of ether oxygens (including phenoxy) is 2. The van der Waals surface area contributed by atoms with Gasteiger partial charge in [0.1, 0.15) is 23.0 Å². The van der Waals surface area contributed by atoms with Crippen LogP contribution < -0.4 is 20.9 Å². The lowest BCUT2D eigenvalue weighted by molar-refractivity contribution is 0.140. The molecule has 2 aliphatic carbocycles. The molecule has 2 aliphatic rings. The molecule has 308 valence electrons. The Morgan fingerprint density at radius 2 is 0.860 bits per heavy atom. The first-order chi connectivity index (χ1) is 27.6. The van der Waals surface area contributed by atoms with Gasteiger partial charge >= 0.3 is 0 Å². The van der Waals surface area contributed by atoms with E-state index in [1.807, 2.05) is 48.5 Å². The second-order valence-electron chi connectivity index (χ2n) is 18.2. The third-order valence-corrected chi connectivity index (χ3v) is 13.9. The summed E-state index contributed by atoms with van der Waals surface area (Å²) in [6.07, 6.45) is 28.0. The van der Waals surface area contributed by atoms with E-state index < -0.39 is 0 Å². The van der Waals surface area contributed by atoms with Crippen molar-refractivity contribution in [1.29, 1.82) is 0 Å². The Bertz CT molecular complexity index is 1680. The van der Waals surface area contributed by atoms with Gasteiger partial charge in [-0.2, -0.15) is 0 Å². The van der Waals surface area contributed by atoms with Gasteiger partial charge in [-0.1, -0.05) is 121 Å². The lowest BCUT2D eigenvalue weighted by atomic mass is 9.59. The van der Waals surface area contributed by atoms with E-state index in [1.165, 1.54) is 162 Å². The Kier molecular flexibility index (Phi) is 15.5. The van der Waals surface area contributed by atoms with Gasteiger partial charge in [0.15, 0.2) is 0 Å². The second-order valence-corrected chi connectivity index (χ2v) is 18.2. The molecule has 4 heteroatoms. The Balaban J connectivity index is 1.11. The lowest BCUT2D eigenvalue weighted by Crippen LogP contribution is -2.36. The Hall–Kier alpha value is -3.92. The molecule has 0 bridgehead atoms. The van der Waals surface area contributed by atoms with Crippen molar-refractivity contribution in [3.05, 3.63) is 106 Å². The van der Waals surface area contributed by atoms with Gasteiger partial charge in [0.25, 0.3) is 0 Å². The van der Waals surface area contributed by atoms with E-state index in [-0.39, 0.29) is 5.41 Å². The number of aryl methyl sites for hydroxylation is 4. The van der Waals surface area contributed by atoms with Crippen LogP contribution in [-0.2, 0) is 5.41 Å². The van der Waals surface area contributed by atoms with E-state index >= 15 is 0 Å².